The first-order valence-electron chi connectivity index (χ1n) is 10.3. The van der Waals surface area contributed by atoms with Gasteiger partial charge in [-0.2, -0.15) is 4.98 Å². The minimum atomic E-state index is -0.375. The molecule has 6 rings (SSSR count). The first-order chi connectivity index (χ1) is 16.1. The van der Waals surface area contributed by atoms with E-state index in [9.17, 15) is 4.79 Å². The number of carbonyl (C=O) groups excluding carboxylic acids is 1. The molecule has 2 atom stereocenters. The number of ether oxygens (including phenoxy) is 3. The van der Waals surface area contributed by atoms with Gasteiger partial charge in [0.05, 0.1) is 42.5 Å². The molecule has 0 radical (unpaired) electrons. The average molecular weight is 464 g/mol. The highest BCUT2D eigenvalue weighted by Gasteiger charge is 2.51. The molecule has 0 spiro atoms. The van der Waals surface area contributed by atoms with Gasteiger partial charge in [0.25, 0.3) is 0 Å². The average Bonchev–Trinajstić information content (AvgIpc) is 3.50. The molecule has 4 heterocycles. The van der Waals surface area contributed by atoms with Gasteiger partial charge in [0.15, 0.2) is 5.75 Å². The third kappa shape index (κ3) is 3.07. The van der Waals surface area contributed by atoms with Crippen LogP contribution >= 0.6 is 11.6 Å². The summed E-state index contributed by atoms with van der Waals surface area (Å²) >= 11 is 6.34. The molecule has 0 saturated heterocycles. The number of aromatic amines is 1. The molecular formula is C23H18ClN5O4. The van der Waals surface area contributed by atoms with E-state index in [4.69, 9.17) is 25.8 Å². The van der Waals surface area contributed by atoms with Gasteiger partial charge in [-0.15, -0.1) is 0 Å². The second-order valence-corrected chi connectivity index (χ2v) is 8.25. The van der Waals surface area contributed by atoms with Crippen LogP contribution in [0, 0.1) is 0 Å². The Hall–Kier alpha value is -3.85. The molecule has 4 aromatic rings. The summed E-state index contributed by atoms with van der Waals surface area (Å²) in [5, 5.41) is 3.81. The van der Waals surface area contributed by atoms with Gasteiger partial charge in [-0.3, -0.25) is 4.98 Å². The summed E-state index contributed by atoms with van der Waals surface area (Å²) < 4.78 is 16.3. The Morgan fingerprint density at radius 1 is 1.21 bits per heavy atom. The van der Waals surface area contributed by atoms with E-state index in [0.717, 1.165) is 17.7 Å². The van der Waals surface area contributed by atoms with Crippen LogP contribution in [0.5, 0.6) is 11.8 Å². The summed E-state index contributed by atoms with van der Waals surface area (Å²) in [4.78, 5) is 29.5. The van der Waals surface area contributed by atoms with Crippen molar-refractivity contribution in [3.63, 3.8) is 0 Å². The van der Waals surface area contributed by atoms with Crippen molar-refractivity contribution < 1.29 is 19.0 Å². The molecule has 166 valence electrons. The zero-order valence-corrected chi connectivity index (χ0v) is 18.4. The lowest BCUT2D eigenvalue weighted by atomic mass is 10.1. The van der Waals surface area contributed by atoms with Crippen molar-refractivity contribution in [3.05, 3.63) is 52.9 Å². The van der Waals surface area contributed by atoms with Crippen LogP contribution in [0.2, 0.25) is 5.02 Å². The monoisotopic (exact) mass is 463 g/mol. The zero-order chi connectivity index (χ0) is 22.7. The van der Waals surface area contributed by atoms with Crippen molar-refractivity contribution in [1.29, 1.82) is 0 Å². The number of methoxy groups -OCH3 is 2. The van der Waals surface area contributed by atoms with Crippen LogP contribution in [0.25, 0.3) is 22.3 Å². The number of nitrogens with one attached hydrogen (secondary N) is 2. The fourth-order valence-electron chi connectivity index (χ4n) is 4.31. The van der Waals surface area contributed by atoms with E-state index in [1.807, 2.05) is 12.1 Å². The number of hydrogen-bond acceptors (Lipinski definition) is 8. The number of carbonyl (C=O) groups is 1. The third-order valence-corrected chi connectivity index (χ3v) is 6.23. The van der Waals surface area contributed by atoms with E-state index in [1.54, 1.807) is 31.6 Å². The number of rotatable bonds is 5. The number of para-hydroxylation sites is 1. The van der Waals surface area contributed by atoms with Crippen LogP contribution in [0.3, 0.4) is 0 Å². The number of H-pyrrole nitrogens is 1. The fraction of sp³-hybridized carbons (Fsp3) is 0.217. The van der Waals surface area contributed by atoms with Crippen LogP contribution in [-0.4, -0.2) is 46.2 Å². The van der Waals surface area contributed by atoms with Crippen molar-refractivity contribution in [2.75, 3.05) is 19.5 Å². The normalized spacial score (nSPS) is 18.3. The molecule has 0 bridgehead atoms. The van der Waals surface area contributed by atoms with Crippen molar-refractivity contribution in [3.8, 4) is 23.0 Å². The maximum Gasteiger partial charge on any atom is 0.342 e. The van der Waals surface area contributed by atoms with Crippen molar-refractivity contribution in [2.24, 2.45) is 0 Å². The van der Waals surface area contributed by atoms with Gasteiger partial charge in [-0.1, -0.05) is 17.7 Å². The largest absolute Gasteiger partial charge is 0.493 e. The SMILES string of the molecule is COc1ncc2nccc(-c3[nH]c4c(c3Nc3cccc(Cl)c3OC)C(=O)O[C@H]3CC43)c2n1. The number of halogens is 1. The summed E-state index contributed by atoms with van der Waals surface area (Å²) in [5.41, 5.74) is 5.10. The maximum absolute atomic E-state index is 13.0. The van der Waals surface area contributed by atoms with Crippen molar-refractivity contribution >= 4 is 40.0 Å². The second-order valence-electron chi connectivity index (χ2n) is 7.84. The van der Waals surface area contributed by atoms with Crippen LogP contribution in [0.4, 0.5) is 11.4 Å². The van der Waals surface area contributed by atoms with Crippen molar-refractivity contribution in [1.82, 2.24) is 19.9 Å². The van der Waals surface area contributed by atoms with Crippen LogP contribution in [0.1, 0.15) is 28.4 Å². The molecule has 10 heteroatoms. The number of fused-ring (bicyclic) bond motifs is 4. The van der Waals surface area contributed by atoms with E-state index < -0.39 is 0 Å². The number of aromatic nitrogens is 4. The number of nitrogens with zero attached hydrogens (tertiary/aromatic N) is 3. The Morgan fingerprint density at radius 3 is 2.91 bits per heavy atom. The summed E-state index contributed by atoms with van der Waals surface area (Å²) in [7, 11) is 3.05. The van der Waals surface area contributed by atoms with Crippen LogP contribution in [0.15, 0.2) is 36.7 Å². The molecule has 1 aliphatic carbocycles. The Labute approximate surface area is 193 Å². The molecular weight excluding hydrogens is 446 g/mol. The number of hydrogen-bond donors (Lipinski definition) is 2. The summed E-state index contributed by atoms with van der Waals surface area (Å²) in [6.07, 6.45) is 3.99. The van der Waals surface area contributed by atoms with Gasteiger partial charge in [0.2, 0.25) is 0 Å². The Kier molecular flexibility index (Phi) is 4.41. The van der Waals surface area contributed by atoms with Crippen LogP contribution in [-0.2, 0) is 4.74 Å². The minimum Gasteiger partial charge on any atom is -0.493 e. The molecule has 1 unspecified atom stereocenters. The number of anilines is 2. The molecule has 1 fully saturated rings. The smallest absolute Gasteiger partial charge is 0.342 e. The third-order valence-electron chi connectivity index (χ3n) is 5.93. The van der Waals surface area contributed by atoms with Crippen molar-refractivity contribution in [2.45, 2.75) is 18.4 Å². The molecule has 33 heavy (non-hydrogen) atoms. The van der Waals surface area contributed by atoms with E-state index in [2.05, 4.69) is 25.3 Å². The predicted molar refractivity (Wildman–Crippen MR) is 122 cm³/mol. The van der Waals surface area contributed by atoms with Gasteiger partial charge < -0.3 is 24.5 Å². The molecule has 1 aromatic carbocycles. The van der Waals surface area contributed by atoms with Crippen LogP contribution < -0.4 is 14.8 Å². The van der Waals surface area contributed by atoms with Gasteiger partial charge in [-0.25, -0.2) is 9.78 Å². The Balaban J connectivity index is 1.60. The standard InChI is InChI=1S/C23H18ClN5O4/c1-31-21-12(24)4-3-5-13(21)27-20-16-18(11-8-15(11)33-22(16)30)28-19(20)10-6-7-25-14-9-26-23(32-2)29-17(10)14/h3-7,9,11,15,27-28H,8H2,1-2H3/t11?,15-/m0/s1. The topological polar surface area (TPSA) is 111 Å². The molecule has 3 aromatic heterocycles. The molecule has 2 N–H and O–H groups in total. The Morgan fingerprint density at radius 2 is 2.09 bits per heavy atom. The number of pyridine rings is 1. The molecule has 9 nitrogen and oxygen atoms in total. The number of benzene rings is 1. The number of esters is 1. The first kappa shape index (κ1) is 19.8. The first-order valence-corrected chi connectivity index (χ1v) is 10.7. The predicted octanol–water partition coefficient (Wildman–Crippen LogP) is 4.46. The van der Waals surface area contributed by atoms with Gasteiger partial charge in [0, 0.05) is 23.4 Å². The van der Waals surface area contributed by atoms with Gasteiger partial charge >= 0.3 is 12.0 Å². The minimum absolute atomic E-state index is 0.0818. The summed E-state index contributed by atoms with van der Waals surface area (Å²) in [6.45, 7) is 0. The van der Waals surface area contributed by atoms with E-state index >= 15 is 0 Å². The molecule has 1 saturated carbocycles. The Bertz CT molecular complexity index is 1440. The quantitative estimate of drug-likeness (QED) is 0.417. The summed E-state index contributed by atoms with van der Waals surface area (Å²) in [6, 6.07) is 7.43. The second kappa shape index (κ2) is 7.35. The van der Waals surface area contributed by atoms with E-state index in [1.165, 1.54) is 7.11 Å². The molecule has 0 amide bonds. The highest BCUT2D eigenvalue weighted by atomic mass is 35.5. The molecule has 2 aliphatic rings. The fourth-order valence-corrected chi connectivity index (χ4v) is 4.56. The lowest BCUT2D eigenvalue weighted by Crippen LogP contribution is -2.16. The zero-order valence-electron chi connectivity index (χ0n) is 17.7. The molecule has 1 aliphatic heterocycles. The van der Waals surface area contributed by atoms with Gasteiger partial charge in [0.1, 0.15) is 22.7 Å². The highest BCUT2D eigenvalue weighted by Crippen LogP contribution is 2.53. The summed E-state index contributed by atoms with van der Waals surface area (Å²) in [5.74, 6) is 0.239. The van der Waals surface area contributed by atoms with E-state index in [-0.39, 0.29) is 24.0 Å². The lowest BCUT2D eigenvalue weighted by molar-refractivity contribution is 0.0441. The highest BCUT2D eigenvalue weighted by molar-refractivity contribution is 6.32. The maximum atomic E-state index is 13.0. The lowest BCUT2D eigenvalue weighted by Gasteiger charge is -2.16. The van der Waals surface area contributed by atoms with Gasteiger partial charge in [-0.05, 0) is 24.6 Å². The van der Waals surface area contributed by atoms with E-state index in [0.29, 0.717) is 44.4 Å².